The molecule has 0 aliphatic rings. The molecule has 0 fully saturated rings. The van der Waals surface area contributed by atoms with Gasteiger partial charge in [0, 0.05) is 4.88 Å². The predicted octanol–water partition coefficient (Wildman–Crippen LogP) is 2.79. The number of aliphatic hydroxyl groups is 1. The third-order valence-corrected chi connectivity index (χ3v) is 3.79. The fraction of sp³-hybridized carbons (Fsp3) is 0.727. The van der Waals surface area contributed by atoms with Crippen LogP contribution >= 0.6 is 11.3 Å². The van der Waals surface area contributed by atoms with Crippen LogP contribution in [0.15, 0.2) is 5.51 Å². The molecule has 0 amide bonds. The van der Waals surface area contributed by atoms with E-state index in [1.165, 1.54) is 4.88 Å². The highest BCUT2D eigenvalue weighted by Crippen LogP contribution is 2.20. The monoisotopic (exact) mass is 213 g/mol. The molecule has 1 heterocycles. The first-order valence-corrected chi connectivity index (χ1v) is 6.10. The first-order chi connectivity index (χ1) is 6.65. The highest BCUT2D eigenvalue weighted by Gasteiger charge is 2.13. The van der Waals surface area contributed by atoms with Gasteiger partial charge in [-0.25, -0.2) is 4.98 Å². The van der Waals surface area contributed by atoms with E-state index in [1.807, 2.05) is 12.4 Å². The maximum Gasteiger partial charge on any atom is 0.0797 e. The van der Waals surface area contributed by atoms with Crippen molar-refractivity contribution in [2.24, 2.45) is 5.92 Å². The van der Waals surface area contributed by atoms with Crippen LogP contribution in [0.5, 0.6) is 0 Å². The smallest absolute Gasteiger partial charge is 0.0797 e. The van der Waals surface area contributed by atoms with E-state index in [-0.39, 0.29) is 6.10 Å². The number of aliphatic hydroxyl groups excluding tert-OH is 1. The fourth-order valence-electron chi connectivity index (χ4n) is 1.67. The van der Waals surface area contributed by atoms with Crippen LogP contribution in [0.2, 0.25) is 0 Å². The van der Waals surface area contributed by atoms with Crippen molar-refractivity contribution in [3.63, 3.8) is 0 Å². The van der Waals surface area contributed by atoms with Gasteiger partial charge in [0.15, 0.2) is 0 Å². The topological polar surface area (TPSA) is 33.1 Å². The molecule has 0 aliphatic carbocycles. The summed E-state index contributed by atoms with van der Waals surface area (Å²) in [6.07, 6.45) is 2.99. The van der Waals surface area contributed by atoms with Crippen molar-refractivity contribution in [2.45, 2.75) is 46.1 Å². The number of thiazole rings is 1. The van der Waals surface area contributed by atoms with Crippen LogP contribution in [0.4, 0.5) is 0 Å². The summed E-state index contributed by atoms with van der Waals surface area (Å²) in [7, 11) is 0. The quantitative estimate of drug-likeness (QED) is 0.816. The Labute approximate surface area is 90.0 Å². The van der Waals surface area contributed by atoms with E-state index in [2.05, 4.69) is 18.8 Å². The lowest BCUT2D eigenvalue weighted by Gasteiger charge is -2.17. The van der Waals surface area contributed by atoms with Gasteiger partial charge < -0.3 is 5.11 Å². The average Bonchev–Trinajstić information content (AvgIpc) is 2.52. The molecule has 0 aliphatic heterocycles. The predicted molar refractivity (Wildman–Crippen MR) is 60.6 cm³/mol. The van der Waals surface area contributed by atoms with Crippen molar-refractivity contribution >= 4 is 11.3 Å². The molecule has 2 unspecified atom stereocenters. The minimum absolute atomic E-state index is 0.187. The van der Waals surface area contributed by atoms with Crippen LogP contribution in [-0.2, 0) is 6.42 Å². The molecule has 1 aromatic rings. The van der Waals surface area contributed by atoms with Crippen molar-refractivity contribution in [1.82, 2.24) is 4.98 Å². The lowest BCUT2D eigenvalue weighted by molar-refractivity contribution is 0.118. The molecule has 0 spiro atoms. The van der Waals surface area contributed by atoms with E-state index in [0.717, 1.165) is 25.0 Å². The third-order valence-electron chi connectivity index (χ3n) is 2.79. The van der Waals surface area contributed by atoms with E-state index in [0.29, 0.717) is 5.92 Å². The van der Waals surface area contributed by atoms with Crippen molar-refractivity contribution in [1.29, 1.82) is 0 Å². The van der Waals surface area contributed by atoms with Crippen LogP contribution in [0.1, 0.15) is 37.3 Å². The zero-order valence-corrected chi connectivity index (χ0v) is 9.97. The first kappa shape index (κ1) is 11.7. The Hall–Kier alpha value is -0.410. The second-order valence-electron chi connectivity index (χ2n) is 3.81. The van der Waals surface area contributed by atoms with Crippen LogP contribution in [0.3, 0.4) is 0 Å². The Bertz CT molecular complexity index is 270. The summed E-state index contributed by atoms with van der Waals surface area (Å²) in [6.45, 7) is 6.07. The van der Waals surface area contributed by atoms with E-state index in [9.17, 15) is 5.11 Å². The maximum absolute atomic E-state index is 9.50. The van der Waals surface area contributed by atoms with Gasteiger partial charge in [0.25, 0.3) is 0 Å². The summed E-state index contributed by atoms with van der Waals surface area (Å²) in [5.74, 6) is 0.427. The van der Waals surface area contributed by atoms with Crippen molar-refractivity contribution in [3.8, 4) is 0 Å². The van der Waals surface area contributed by atoms with Gasteiger partial charge in [-0.3, -0.25) is 0 Å². The molecule has 0 aromatic carbocycles. The molecule has 1 N–H and O–H groups in total. The van der Waals surface area contributed by atoms with E-state index >= 15 is 0 Å². The number of nitrogens with zero attached hydrogens (tertiary/aromatic N) is 1. The highest BCUT2D eigenvalue weighted by atomic mass is 32.1. The molecule has 1 rings (SSSR count). The molecule has 2 nitrogen and oxygen atoms in total. The number of rotatable bonds is 5. The Balaban J connectivity index is 2.43. The van der Waals surface area contributed by atoms with Gasteiger partial charge in [0.1, 0.15) is 0 Å². The Morgan fingerprint density at radius 3 is 2.71 bits per heavy atom. The number of aromatic nitrogens is 1. The normalized spacial score (nSPS) is 15.4. The molecule has 0 saturated carbocycles. The molecular weight excluding hydrogens is 194 g/mol. The minimum Gasteiger partial charge on any atom is -0.393 e. The summed E-state index contributed by atoms with van der Waals surface area (Å²) in [5, 5.41) is 9.50. The van der Waals surface area contributed by atoms with Crippen LogP contribution in [0.25, 0.3) is 0 Å². The molecule has 3 heteroatoms. The Morgan fingerprint density at radius 2 is 2.29 bits per heavy atom. The zero-order valence-electron chi connectivity index (χ0n) is 9.16. The van der Waals surface area contributed by atoms with E-state index in [4.69, 9.17) is 0 Å². The summed E-state index contributed by atoms with van der Waals surface area (Å²) < 4.78 is 0. The second kappa shape index (κ2) is 5.47. The van der Waals surface area contributed by atoms with Gasteiger partial charge in [0.2, 0.25) is 0 Å². The molecule has 1 aromatic heterocycles. The molecule has 0 radical (unpaired) electrons. The van der Waals surface area contributed by atoms with Crippen LogP contribution in [-0.4, -0.2) is 16.2 Å². The molecular formula is C11H19NOS. The fourth-order valence-corrected chi connectivity index (χ4v) is 2.47. The molecule has 2 atom stereocenters. The highest BCUT2D eigenvalue weighted by molar-refractivity contribution is 7.09. The van der Waals surface area contributed by atoms with Crippen LogP contribution in [0, 0.1) is 12.8 Å². The Morgan fingerprint density at radius 1 is 1.57 bits per heavy atom. The summed E-state index contributed by atoms with van der Waals surface area (Å²) in [5.41, 5.74) is 3.05. The zero-order chi connectivity index (χ0) is 10.6. The molecule has 0 bridgehead atoms. The summed E-state index contributed by atoms with van der Waals surface area (Å²) in [6, 6.07) is 0. The third kappa shape index (κ3) is 3.07. The SMILES string of the molecule is CCC(CCc1scnc1C)C(C)O. The largest absolute Gasteiger partial charge is 0.393 e. The number of hydrogen-bond donors (Lipinski definition) is 1. The van der Waals surface area contributed by atoms with Gasteiger partial charge in [0.05, 0.1) is 17.3 Å². The number of aryl methyl sites for hydroxylation is 2. The van der Waals surface area contributed by atoms with Gasteiger partial charge >= 0.3 is 0 Å². The first-order valence-electron chi connectivity index (χ1n) is 5.22. The minimum atomic E-state index is -0.187. The maximum atomic E-state index is 9.50. The van der Waals surface area contributed by atoms with Gasteiger partial charge in [-0.15, -0.1) is 11.3 Å². The van der Waals surface area contributed by atoms with Crippen LogP contribution < -0.4 is 0 Å². The van der Waals surface area contributed by atoms with Crippen molar-refractivity contribution in [2.75, 3.05) is 0 Å². The van der Waals surface area contributed by atoms with Crippen molar-refractivity contribution in [3.05, 3.63) is 16.1 Å². The lowest BCUT2D eigenvalue weighted by atomic mass is 9.94. The van der Waals surface area contributed by atoms with E-state index < -0.39 is 0 Å². The second-order valence-corrected chi connectivity index (χ2v) is 4.75. The molecule has 0 saturated heterocycles. The van der Waals surface area contributed by atoms with Gasteiger partial charge in [-0.1, -0.05) is 13.3 Å². The average molecular weight is 213 g/mol. The van der Waals surface area contributed by atoms with Gasteiger partial charge in [-0.2, -0.15) is 0 Å². The summed E-state index contributed by atoms with van der Waals surface area (Å²) >= 11 is 1.72. The lowest BCUT2D eigenvalue weighted by Crippen LogP contribution is -2.16. The Kier molecular flexibility index (Phi) is 4.55. The molecule has 80 valence electrons. The van der Waals surface area contributed by atoms with Gasteiger partial charge in [-0.05, 0) is 32.6 Å². The van der Waals surface area contributed by atoms with E-state index in [1.54, 1.807) is 11.3 Å². The summed E-state index contributed by atoms with van der Waals surface area (Å²) in [4.78, 5) is 5.59. The number of hydrogen-bond acceptors (Lipinski definition) is 3. The molecule has 14 heavy (non-hydrogen) atoms. The van der Waals surface area contributed by atoms with Crippen molar-refractivity contribution < 1.29 is 5.11 Å². The standard InChI is InChI=1S/C11H19NOS/c1-4-10(9(3)13)5-6-11-8(2)12-7-14-11/h7,9-10,13H,4-6H2,1-3H3.